The Labute approximate surface area is 176 Å². The van der Waals surface area contributed by atoms with Crippen molar-refractivity contribution in [2.24, 2.45) is 5.14 Å². The molecule has 0 atom stereocenters. The molecule has 3 aromatic carbocycles. The molecule has 0 aliphatic heterocycles. The van der Waals surface area contributed by atoms with Crippen LogP contribution in [0.1, 0.15) is 16.7 Å². The number of benzene rings is 3. The van der Waals surface area contributed by atoms with Gasteiger partial charge in [0, 0.05) is 11.6 Å². The molecule has 5 nitrogen and oxygen atoms in total. The van der Waals surface area contributed by atoms with Gasteiger partial charge >= 0.3 is 0 Å². The third-order valence-electron chi connectivity index (χ3n) is 4.36. The van der Waals surface area contributed by atoms with Crippen LogP contribution in [-0.2, 0) is 29.6 Å². The van der Waals surface area contributed by atoms with E-state index in [1.807, 2.05) is 48.5 Å². The number of sulfonamides is 1. The highest BCUT2D eigenvalue weighted by Gasteiger charge is 2.06. The first-order chi connectivity index (χ1) is 13.9. The van der Waals surface area contributed by atoms with Crippen LogP contribution in [0.5, 0.6) is 5.75 Å². The number of hydrogen-bond donors (Lipinski definition) is 2. The lowest BCUT2D eigenvalue weighted by molar-refractivity contribution is 0.306. The molecule has 0 aromatic heterocycles. The summed E-state index contributed by atoms with van der Waals surface area (Å²) in [4.78, 5) is 0.129. The molecule has 0 heterocycles. The van der Waals surface area contributed by atoms with Crippen molar-refractivity contribution in [2.45, 2.75) is 24.5 Å². The van der Waals surface area contributed by atoms with Gasteiger partial charge in [0.1, 0.15) is 12.4 Å². The number of ether oxygens (including phenoxy) is 1. The molecular formula is C22H23ClN2O3S. The van der Waals surface area contributed by atoms with Crippen LogP contribution in [0.25, 0.3) is 0 Å². The van der Waals surface area contributed by atoms with Crippen LogP contribution in [0.4, 0.5) is 0 Å². The highest BCUT2D eigenvalue weighted by atomic mass is 35.5. The SMILES string of the molecule is NS(=O)(=O)c1ccc(CCNCc2cccc(OCc3cccc(Cl)c3)c2)cc1. The predicted octanol–water partition coefficient (Wildman–Crippen LogP) is 3.90. The zero-order chi connectivity index (χ0) is 20.7. The molecule has 0 saturated heterocycles. The quantitative estimate of drug-likeness (QED) is 0.504. The zero-order valence-electron chi connectivity index (χ0n) is 15.8. The minimum Gasteiger partial charge on any atom is -0.489 e. The summed E-state index contributed by atoms with van der Waals surface area (Å²) in [6.45, 7) is 1.94. The summed E-state index contributed by atoms with van der Waals surface area (Å²) in [5.41, 5.74) is 3.19. The lowest BCUT2D eigenvalue weighted by atomic mass is 10.1. The van der Waals surface area contributed by atoms with Gasteiger partial charge in [-0.25, -0.2) is 13.6 Å². The topological polar surface area (TPSA) is 81.4 Å². The molecule has 0 radical (unpaired) electrons. The van der Waals surface area contributed by atoms with Gasteiger partial charge in [0.15, 0.2) is 0 Å². The zero-order valence-corrected chi connectivity index (χ0v) is 17.4. The van der Waals surface area contributed by atoms with Gasteiger partial charge in [-0.15, -0.1) is 0 Å². The van der Waals surface area contributed by atoms with E-state index in [0.29, 0.717) is 18.2 Å². The van der Waals surface area contributed by atoms with Gasteiger partial charge in [0.25, 0.3) is 0 Å². The molecule has 3 rings (SSSR count). The van der Waals surface area contributed by atoms with Crippen LogP contribution < -0.4 is 15.2 Å². The van der Waals surface area contributed by atoms with Gasteiger partial charge in [-0.3, -0.25) is 0 Å². The van der Waals surface area contributed by atoms with Gasteiger partial charge in [-0.05, 0) is 66.1 Å². The summed E-state index contributed by atoms with van der Waals surface area (Å²) in [5.74, 6) is 0.808. The average molecular weight is 431 g/mol. The summed E-state index contributed by atoms with van der Waals surface area (Å²) in [6.07, 6.45) is 0.788. The summed E-state index contributed by atoms with van der Waals surface area (Å²) < 4.78 is 28.4. The molecule has 152 valence electrons. The largest absolute Gasteiger partial charge is 0.489 e. The maximum atomic E-state index is 11.3. The second-order valence-electron chi connectivity index (χ2n) is 6.68. The van der Waals surface area contributed by atoms with Crippen LogP contribution in [0, 0.1) is 0 Å². The van der Waals surface area contributed by atoms with E-state index in [1.165, 1.54) is 12.1 Å². The molecule has 0 aliphatic carbocycles. The van der Waals surface area contributed by atoms with Crippen molar-refractivity contribution >= 4 is 21.6 Å². The van der Waals surface area contributed by atoms with Gasteiger partial charge in [-0.2, -0.15) is 0 Å². The van der Waals surface area contributed by atoms with E-state index in [2.05, 4.69) is 5.32 Å². The minimum absolute atomic E-state index is 0.129. The number of hydrogen-bond acceptors (Lipinski definition) is 4. The van der Waals surface area contributed by atoms with Crippen LogP contribution >= 0.6 is 11.6 Å². The lowest BCUT2D eigenvalue weighted by Gasteiger charge is -2.10. The molecule has 0 spiro atoms. The summed E-state index contributed by atoms with van der Waals surface area (Å²) >= 11 is 6.00. The summed E-state index contributed by atoms with van der Waals surface area (Å²) in [7, 11) is -3.64. The van der Waals surface area contributed by atoms with Crippen molar-refractivity contribution in [3.8, 4) is 5.75 Å². The standard InChI is InChI=1S/C22H23ClN2O3S/c23-20-5-1-4-19(13-20)16-28-21-6-2-3-18(14-21)15-25-12-11-17-7-9-22(10-8-17)29(24,26)27/h1-10,13-14,25H,11-12,15-16H2,(H2,24,26,27). The third kappa shape index (κ3) is 6.87. The Balaban J connectivity index is 1.45. The van der Waals surface area contributed by atoms with E-state index in [1.54, 1.807) is 12.1 Å². The van der Waals surface area contributed by atoms with Crippen LogP contribution in [0.3, 0.4) is 0 Å². The first-order valence-electron chi connectivity index (χ1n) is 9.19. The van der Waals surface area contributed by atoms with Crippen molar-refractivity contribution in [1.82, 2.24) is 5.32 Å². The average Bonchev–Trinajstić information content (AvgIpc) is 2.70. The van der Waals surface area contributed by atoms with Gasteiger partial charge in [-0.1, -0.05) is 48.0 Å². The number of nitrogens with two attached hydrogens (primary N) is 1. The number of primary sulfonamides is 1. The highest BCUT2D eigenvalue weighted by Crippen LogP contribution is 2.17. The van der Waals surface area contributed by atoms with Gasteiger partial charge < -0.3 is 10.1 Å². The molecular weight excluding hydrogens is 408 g/mol. The first kappa shape index (κ1) is 21.3. The lowest BCUT2D eigenvalue weighted by Crippen LogP contribution is -2.17. The fourth-order valence-corrected chi connectivity index (χ4v) is 3.58. The van der Waals surface area contributed by atoms with Crippen LogP contribution in [0.15, 0.2) is 77.7 Å². The Morgan fingerprint density at radius 2 is 1.62 bits per heavy atom. The van der Waals surface area contributed by atoms with Crippen molar-refractivity contribution in [3.05, 3.63) is 94.5 Å². The Kier molecular flexibility index (Phi) is 7.28. The Morgan fingerprint density at radius 1 is 0.897 bits per heavy atom. The Bertz CT molecular complexity index is 1050. The van der Waals surface area contributed by atoms with E-state index < -0.39 is 10.0 Å². The second kappa shape index (κ2) is 9.89. The maximum absolute atomic E-state index is 11.3. The molecule has 3 aromatic rings. The molecule has 0 saturated carbocycles. The van der Waals surface area contributed by atoms with E-state index in [-0.39, 0.29) is 4.90 Å². The molecule has 0 amide bonds. The van der Waals surface area contributed by atoms with Crippen molar-refractivity contribution in [2.75, 3.05) is 6.54 Å². The third-order valence-corrected chi connectivity index (χ3v) is 5.53. The van der Waals surface area contributed by atoms with Crippen LogP contribution in [-0.4, -0.2) is 15.0 Å². The molecule has 0 bridgehead atoms. The minimum atomic E-state index is -3.64. The smallest absolute Gasteiger partial charge is 0.238 e. The number of halogens is 1. The maximum Gasteiger partial charge on any atom is 0.238 e. The molecule has 29 heavy (non-hydrogen) atoms. The number of nitrogens with one attached hydrogen (secondary N) is 1. The van der Waals surface area contributed by atoms with E-state index in [0.717, 1.165) is 35.4 Å². The predicted molar refractivity (Wildman–Crippen MR) is 115 cm³/mol. The van der Waals surface area contributed by atoms with E-state index >= 15 is 0 Å². The molecule has 7 heteroatoms. The van der Waals surface area contributed by atoms with E-state index in [4.69, 9.17) is 21.5 Å². The molecule has 0 fully saturated rings. The fraction of sp³-hybridized carbons (Fsp3) is 0.182. The summed E-state index contributed by atoms with van der Waals surface area (Å²) in [5, 5.41) is 9.20. The van der Waals surface area contributed by atoms with Crippen LogP contribution in [0.2, 0.25) is 5.02 Å². The second-order valence-corrected chi connectivity index (χ2v) is 8.68. The van der Waals surface area contributed by atoms with Gasteiger partial charge in [0.05, 0.1) is 4.90 Å². The Hall–Kier alpha value is -2.38. The highest BCUT2D eigenvalue weighted by molar-refractivity contribution is 7.89. The molecule has 3 N–H and O–H groups in total. The van der Waals surface area contributed by atoms with E-state index in [9.17, 15) is 8.42 Å². The van der Waals surface area contributed by atoms with Gasteiger partial charge in [0.2, 0.25) is 10.0 Å². The monoisotopic (exact) mass is 430 g/mol. The van der Waals surface area contributed by atoms with Crippen molar-refractivity contribution in [3.63, 3.8) is 0 Å². The molecule has 0 aliphatic rings. The fourth-order valence-electron chi connectivity index (χ4n) is 2.85. The summed E-state index contributed by atoms with van der Waals surface area (Å²) in [6, 6.07) is 22.2. The number of rotatable bonds is 9. The Morgan fingerprint density at radius 3 is 2.34 bits per heavy atom. The van der Waals surface area contributed by atoms with Crippen molar-refractivity contribution < 1.29 is 13.2 Å². The normalized spacial score (nSPS) is 11.4. The van der Waals surface area contributed by atoms with Crippen molar-refractivity contribution in [1.29, 1.82) is 0 Å². The first-order valence-corrected chi connectivity index (χ1v) is 11.1. The molecule has 0 unspecified atom stereocenters.